The van der Waals surface area contributed by atoms with E-state index in [0.717, 1.165) is 36.8 Å². The molecule has 0 bridgehead atoms. The van der Waals surface area contributed by atoms with Crippen LogP contribution in [0.2, 0.25) is 0 Å². The number of carbonyl (C=O) groups excluding carboxylic acids is 1. The lowest BCUT2D eigenvalue weighted by Crippen LogP contribution is -2.14. The zero-order valence-electron chi connectivity index (χ0n) is 16.2. The van der Waals surface area contributed by atoms with Gasteiger partial charge in [0.15, 0.2) is 0 Å². The minimum atomic E-state index is -3.68. The number of aryl methyl sites for hydroxylation is 2. The second-order valence-corrected chi connectivity index (χ2v) is 8.55. The Hall–Kier alpha value is -2.34. The molecule has 0 unspecified atom stereocenters. The van der Waals surface area contributed by atoms with Crippen molar-refractivity contribution in [1.82, 2.24) is 0 Å². The highest BCUT2D eigenvalue weighted by molar-refractivity contribution is 7.92. The predicted molar refractivity (Wildman–Crippen MR) is 111 cm³/mol. The number of amides is 1. The Labute approximate surface area is 162 Å². The summed E-state index contributed by atoms with van der Waals surface area (Å²) in [5.74, 6) is -0.0462. The van der Waals surface area contributed by atoms with Crippen LogP contribution < -0.4 is 10.0 Å². The van der Waals surface area contributed by atoms with Crippen molar-refractivity contribution < 1.29 is 13.2 Å². The summed E-state index contributed by atoms with van der Waals surface area (Å²) in [6, 6.07) is 11.8. The smallest absolute Gasteiger partial charge is 0.261 e. The second-order valence-electron chi connectivity index (χ2n) is 6.87. The van der Waals surface area contributed by atoms with Gasteiger partial charge in [0.2, 0.25) is 5.91 Å². The Morgan fingerprint density at radius 3 is 2.11 bits per heavy atom. The zero-order chi connectivity index (χ0) is 19.9. The van der Waals surface area contributed by atoms with Crippen LogP contribution in [0, 0.1) is 13.8 Å². The van der Waals surface area contributed by atoms with Gasteiger partial charge in [0.05, 0.1) is 4.90 Å². The van der Waals surface area contributed by atoms with Crippen molar-refractivity contribution in [3.05, 3.63) is 53.6 Å². The zero-order valence-corrected chi connectivity index (χ0v) is 17.0. The van der Waals surface area contributed by atoms with Crippen LogP contribution in [0.15, 0.2) is 47.4 Å². The van der Waals surface area contributed by atoms with E-state index < -0.39 is 10.0 Å². The number of sulfonamides is 1. The number of anilines is 2. The standard InChI is InChI=1S/C21H28N2O3S/c1-4-5-6-7-8-21(24)22-18-9-11-20(12-10-18)27(25,26)23-19-14-16(2)13-17(3)15-19/h9-15,23H,4-8H2,1-3H3,(H,22,24). The molecule has 0 fully saturated rings. The lowest BCUT2D eigenvalue weighted by Gasteiger charge is -2.11. The van der Waals surface area contributed by atoms with Crippen LogP contribution >= 0.6 is 0 Å². The molecule has 0 aliphatic carbocycles. The molecular weight excluding hydrogens is 360 g/mol. The maximum Gasteiger partial charge on any atom is 0.261 e. The molecule has 2 aromatic carbocycles. The highest BCUT2D eigenvalue weighted by Gasteiger charge is 2.14. The van der Waals surface area contributed by atoms with Gasteiger partial charge >= 0.3 is 0 Å². The van der Waals surface area contributed by atoms with Gasteiger partial charge < -0.3 is 5.32 Å². The van der Waals surface area contributed by atoms with Gasteiger partial charge in [-0.25, -0.2) is 8.42 Å². The van der Waals surface area contributed by atoms with Crippen molar-refractivity contribution in [2.24, 2.45) is 0 Å². The van der Waals surface area contributed by atoms with Gasteiger partial charge in [-0.3, -0.25) is 9.52 Å². The van der Waals surface area contributed by atoms with E-state index in [-0.39, 0.29) is 10.8 Å². The average molecular weight is 389 g/mol. The molecule has 146 valence electrons. The van der Waals surface area contributed by atoms with E-state index in [2.05, 4.69) is 17.0 Å². The van der Waals surface area contributed by atoms with Gasteiger partial charge in [0.1, 0.15) is 0 Å². The first-order valence-corrected chi connectivity index (χ1v) is 10.8. The molecule has 1 amide bonds. The Balaban J connectivity index is 1.99. The number of rotatable bonds is 9. The van der Waals surface area contributed by atoms with Crippen molar-refractivity contribution in [1.29, 1.82) is 0 Å². The molecule has 5 nitrogen and oxygen atoms in total. The van der Waals surface area contributed by atoms with Gasteiger partial charge in [-0.2, -0.15) is 0 Å². The summed E-state index contributed by atoms with van der Waals surface area (Å²) in [7, 11) is -3.68. The second kappa shape index (κ2) is 9.55. The van der Waals surface area contributed by atoms with Gasteiger partial charge in [0, 0.05) is 17.8 Å². The SMILES string of the molecule is CCCCCCC(=O)Nc1ccc(S(=O)(=O)Nc2cc(C)cc(C)c2)cc1. The number of hydrogen-bond donors (Lipinski definition) is 2. The number of carbonyl (C=O) groups is 1. The van der Waals surface area contributed by atoms with Crippen LogP contribution in [0.25, 0.3) is 0 Å². The normalized spacial score (nSPS) is 11.2. The van der Waals surface area contributed by atoms with E-state index >= 15 is 0 Å². The lowest BCUT2D eigenvalue weighted by molar-refractivity contribution is -0.116. The van der Waals surface area contributed by atoms with Crippen LogP contribution in [-0.4, -0.2) is 14.3 Å². The van der Waals surface area contributed by atoms with Crippen LogP contribution in [0.4, 0.5) is 11.4 Å². The highest BCUT2D eigenvalue weighted by Crippen LogP contribution is 2.20. The van der Waals surface area contributed by atoms with E-state index in [1.807, 2.05) is 19.9 Å². The summed E-state index contributed by atoms with van der Waals surface area (Å²) in [4.78, 5) is 12.1. The molecule has 2 rings (SSSR count). The fourth-order valence-electron chi connectivity index (χ4n) is 2.90. The Morgan fingerprint density at radius 1 is 0.889 bits per heavy atom. The number of benzene rings is 2. The molecule has 0 aliphatic heterocycles. The third-order valence-corrected chi connectivity index (χ3v) is 5.58. The molecule has 27 heavy (non-hydrogen) atoms. The molecule has 2 aromatic rings. The molecule has 0 atom stereocenters. The van der Waals surface area contributed by atoms with Crippen molar-refractivity contribution in [3.63, 3.8) is 0 Å². The van der Waals surface area contributed by atoms with Crippen molar-refractivity contribution in [2.45, 2.75) is 57.8 Å². The summed E-state index contributed by atoms with van der Waals surface area (Å²) >= 11 is 0. The molecule has 0 radical (unpaired) electrons. The summed E-state index contributed by atoms with van der Waals surface area (Å²) in [6.07, 6.45) is 4.66. The maximum absolute atomic E-state index is 12.6. The molecule has 0 saturated heterocycles. The number of hydrogen-bond acceptors (Lipinski definition) is 3. The predicted octanol–water partition coefficient (Wildman–Crippen LogP) is 5.01. The first-order chi connectivity index (χ1) is 12.8. The van der Waals surface area contributed by atoms with Crippen molar-refractivity contribution in [3.8, 4) is 0 Å². The van der Waals surface area contributed by atoms with Crippen LogP contribution in [0.3, 0.4) is 0 Å². The molecular formula is C21H28N2O3S. The monoisotopic (exact) mass is 388 g/mol. The Morgan fingerprint density at radius 2 is 1.52 bits per heavy atom. The summed E-state index contributed by atoms with van der Waals surface area (Å²) < 4.78 is 27.7. The van der Waals surface area contributed by atoms with Crippen molar-refractivity contribution in [2.75, 3.05) is 10.0 Å². The fraction of sp³-hybridized carbons (Fsp3) is 0.381. The summed E-state index contributed by atoms with van der Waals surface area (Å²) in [5, 5.41) is 2.81. The molecule has 6 heteroatoms. The van der Waals surface area contributed by atoms with E-state index in [0.29, 0.717) is 17.8 Å². The van der Waals surface area contributed by atoms with Crippen molar-refractivity contribution >= 4 is 27.3 Å². The number of nitrogens with one attached hydrogen (secondary N) is 2. The van der Waals surface area contributed by atoms with E-state index in [1.54, 1.807) is 24.3 Å². The first-order valence-electron chi connectivity index (χ1n) is 9.31. The van der Waals surface area contributed by atoms with Crippen LogP contribution in [0.5, 0.6) is 0 Å². The minimum absolute atomic E-state index is 0.0462. The Kier molecular flexibility index (Phi) is 7.42. The lowest BCUT2D eigenvalue weighted by atomic mass is 10.1. The quantitative estimate of drug-likeness (QED) is 0.593. The molecule has 0 aliphatic rings. The van der Waals surface area contributed by atoms with Crippen LogP contribution in [-0.2, 0) is 14.8 Å². The highest BCUT2D eigenvalue weighted by atomic mass is 32.2. The largest absolute Gasteiger partial charge is 0.326 e. The topological polar surface area (TPSA) is 75.3 Å². The Bertz CT molecular complexity index is 855. The third kappa shape index (κ3) is 6.71. The molecule has 0 saturated carbocycles. The molecule has 0 heterocycles. The van der Waals surface area contributed by atoms with Gasteiger partial charge in [0.25, 0.3) is 10.0 Å². The minimum Gasteiger partial charge on any atom is -0.326 e. The van der Waals surface area contributed by atoms with E-state index in [1.165, 1.54) is 12.1 Å². The number of unbranched alkanes of at least 4 members (excludes halogenated alkanes) is 3. The van der Waals surface area contributed by atoms with Gasteiger partial charge in [-0.1, -0.05) is 32.3 Å². The molecule has 2 N–H and O–H groups in total. The third-order valence-electron chi connectivity index (χ3n) is 4.18. The van der Waals surface area contributed by atoms with Gasteiger partial charge in [-0.15, -0.1) is 0 Å². The van der Waals surface area contributed by atoms with E-state index in [9.17, 15) is 13.2 Å². The maximum atomic E-state index is 12.6. The van der Waals surface area contributed by atoms with E-state index in [4.69, 9.17) is 0 Å². The van der Waals surface area contributed by atoms with Crippen LogP contribution in [0.1, 0.15) is 50.2 Å². The average Bonchev–Trinajstić information content (AvgIpc) is 2.58. The van der Waals surface area contributed by atoms with Gasteiger partial charge in [-0.05, 0) is 67.8 Å². The fourth-order valence-corrected chi connectivity index (χ4v) is 3.94. The first kappa shape index (κ1) is 21.0. The molecule has 0 aromatic heterocycles. The summed E-state index contributed by atoms with van der Waals surface area (Å²) in [5.41, 5.74) is 3.12. The molecule has 0 spiro atoms. The summed E-state index contributed by atoms with van der Waals surface area (Å²) in [6.45, 7) is 5.97.